The van der Waals surface area contributed by atoms with E-state index in [1.165, 1.54) is 0 Å². The fourth-order valence-corrected chi connectivity index (χ4v) is 3.61. The standard InChI is InChI=1S/C22H21F3N6O/c1-14-8-18(15-2-3-21(27-11-15)31-7-5-17(12-31)28-13-32)29-20(9-14)30-19-10-16(4-6-26-19)22(23,24)25/h2-4,6,8-11,13,17H,5,7,12H2,1H3,(H,28,32)(H,26,29,30)/t17-/m0/s1. The lowest BCUT2D eigenvalue weighted by Gasteiger charge is -2.17. The molecule has 3 aromatic rings. The average Bonchev–Trinajstić information content (AvgIpc) is 3.22. The summed E-state index contributed by atoms with van der Waals surface area (Å²) in [7, 11) is 0. The second-order valence-corrected chi connectivity index (χ2v) is 7.59. The Labute approximate surface area is 182 Å². The molecule has 1 saturated heterocycles. The number of rotatable bonds is 6. The Hall–Kier alpha value is -3.69. The summed E-state index contributed by atoms with van der Waals surface area (Å²) in [6.07, 6.45) is -0.0482. The van der Waals surface area contributed by atoms with Crippen LogP contribution in [0.25, 0.3) is 11.3 Å². The van der Waals surface area contributed by atoms with Crippen LogP contribution in [-0.4, -0.2) is 40.5 Å². The topological polar surface area (TPSA) is 83.0 Å². The monoisotopic (exact) mass is 442 g/mol. The maximum Gasteiger partial charge on any atom is 0.416 e. The van der Waals surface area contributed by atoms with Crippen LogP contribution in [0.15, 0.2) is 48.8 Å². The maximum atomic E-state index is 13.0. The lowest BCUT2D eigenvalue weighted by molar-refractivity contribution is -0.137. The summed E-state index contributed by atoms with van der Waals surface area (Å²) >= 11 is 0. The van der Waals surface area contributed by atoms with Crippen LogP contribution in [0.3, 0.4) is 0 Å². The van der Waals surface area contributed by atoms with Gasteiger partial charge in [-0.25, -0.2) is 15.0 Å². The van der Waals surface area contributed by atoms with E-state index in [9.17, 15) is 18.0 Å². The third-order valence-electron chi connectivity index (χ3n) is 5.17. The molecule has 0 bridgehead atoms. The SMILES string of the molecule is Cc1cc(Nc2cc(C(F)(F)F)ccn2)nc(-c2ccc(N3CC[C@H](NC=O)C3)nc2)c1. The lowest BCUT2D eigenvalue weighted by atomic mass is 10.1. The molecule has 0 spiro atoms. The molecular formula is C22H21F3N6O. The minimum Gasteiger partial charge on any atom is -0.354 e. The van der Waals surface area contributed by atoms with Crippen molar-refractivity contribution in [1.82, 2.24) is 20.3 Å². The Morgan fingerprint density at radius 1 is 1.12 bits per heavy atom. The first-order valence-corrected chi connectivity index (χ1v) is 10.0. The number of halogens is 3. The zero-order chi connectivity index (χ0) is 22.7. The van der Waals surface area contributed by atoms with E-state index in [4.69, 9.17) is 0 Å². The molecule has 1 amide bonds. The van der Waals surface area contributed by atoms with Crippen molar-refractivity contribution in [3.8, 4) is 11.3 Å². The van der Waals surface area contributed by atoms with E-state index in [2.05, 4.69) is 30.5 Å². The number of nitrogens with zero attached hydrogens (tertiary/aromatic N) is 4. The number of hydrogen-bond acceptors (Lipinski definition) is 6. The van der Waals surface area contributed by atoms with Gasteiger partial charge in [-0.1, -0.05) is 0 Å². The molecule has 1 fully saturated rings. The first kappa shape index (κ1) is 21.5. The number of aromatic nitrogens is 3. The van der Waals surface area contributed by atoms with Crippen LogP contribution in [0, 0.1) is 6.92 Å². The molecule has 0 radical (unpaired) electrons. The second-order valence-electron chi connectivity index (χ2n) is 7.59. The van der Waals surface area contributed by atoms with Gasteiger partial charge in [-0.3, -0.25) is 4.79 Å². The zero-order valence-corrected chi connectivity index (χ0v) is 17.2. The largest absolute Gasteiger partial charge is 0.416 e. The Morgan fingerprint density at radius 3 is 2.69 bits per heavy atom. The smallest absolute Gasteiger partial charge is 0.354 e. The third-order valence-corrected chi connectivity index (χ3v) is 5.17. The van der Waals surface area contributed by atoms with Gasteiger partial charge in [-0.05, 0) is 55.3 Å². The van der Waals surface area contributed by atoms with Crippen LogP contribution in [-0.2, 0) is 11.0 Å². The number of pyridine rings is 3. The van der Waals surface area contributed by atoms with Gasteiger partial charge in [0.1, 0.15) is 17.5 Å². The summed E-state index contributed by atoms with van der Waals surface area (Å²) in [5, 5.41) is 5.65. The number of carbonyl (C=O) groups is 1. The molecule has 4 rings (SSSR count). The number of amides is 1. The molecule has 32 heavy (non-hydrogen) atoms. The van der Waals surface area contributed by atoms with Gasteiger partial charge in [0, 0.05) is 37.1 Å². The molecule has 10 heteroatoms. The van der Waals surface area contributed by atoms with Crippen molar-refractivity contribution in [1.29, 1.82) is 0 Å². The van der Waals surface area contributed by atoms with Crippen molar-refractivity contribution < 1.29 is 18.0 Å². The fraction of sp³-hybridized carbons (Fsp3) is 0.273. The van der Waals surface area contributed by atoms with Crippen molar-refractivity contribution in [3.63, 3.8) is 0 Å². The average molecular weight is 442 g/mol. The van der Waals surface area contributed by atoms with Crippen LogP contribution in [0.5, 0.6) is 0 Å². The van der Waals surface area contributed by atoms with Gasteiger partial charge >= 0.3 is 6.18 Å². The zero-order valence-electron chi connectivity index (χ0n) is 17.2. The van der Waals surface area contributed by atoms with E-state index in [1.54, 1.807) is 12.3 Å². The molecule has 0 unspecified atom stereocenters. The van der Waals surface area contributed by atoms with Crippen molar-refractivity contribution >= 4 is 23.9 Å². The van der Waals surface area contributed by atoms with E-state index in [-0.39, 0.29) is 11.9 Å². The van der Waals surface area contributed by atoms with Gasteiger partial charge in [-0.2, -0.15) is 13.2 Å². The van der Waals surface area contributed by atoms with Crippen LogP contribution in [0.4, 0.5) is 30.6 Å². The molecule has 4 heterocycles. The normalized spacial score (nSPS) is 16.1. The van der Waals surface area contributed by atoms with Crippen LogP contribution < -0.4 is 15.5 Å². The molecule has 1 aliphatic heterocycles. The highest BCUT2D eigenvalue weighted by Crippen LogP contribution is 2.31. The van der Waals surface area contributed by atoms with Crippen LogP contribution >= 0.6 is 0 Å². The second kappa shape index (κ2) is 8.81. The summed E-state index contributed by atoms with van der Waals surface area (Å²) in [4.78, 5) is 25.7. The Morgan fingerprint density at radius 2 is 1.97 bits per heavy atom. The molecule has 2 N–H and O–H groups in total. The summed E-state index contributed by atoms with van der Waals surface area (Å²) < 4.78 is 38.9. The number of carbonyl (C=O) groups excluding carboxylic acids is 1. The van der Waals surface area contributed by atoms with E-state index in [0.29, 0.717) is 24.5 Å². The minimum atomic E-state index is -4.45. The van der Waals surface area contributed by atoms with Gasteiger partial charge in [-0.15, -0.1) is 0 Å². The lowest BCUT2D eigenvalue weighted by Crippen LogP contribution is -2.31. The summed E-state index contributed by atoms with van der Waals surface area (Å²) in [5.41, 5.74) is 1.52. The number of alkyl halides is 3. The predicted octanol–water partition coefficient (Wildman–Crippen LogP) is 3.93. The molecule has 1 atom stereocenters. The van der Waals surface area contributed by atoms with Gasteiger partial charge in [0.2, 0.25) is 6.41 Å². The highest BCUT2D eigenvalue weighted by atomic mass is 19.4. The quantitative estimate of drug-likeness (QED) is 0.563. The highest BCUT2D eigenvalue weighted by Gasteiger charge is 2.30. The molecule has 3 aromatic heterocycles. The number of nitrogens with one attached hydrogen (secondary N) is 2. The number of aryl methyl sites for hydroxylation is 1. The van der Waals surface area contributed by atoms with Crippen molar-refractivity contribution in [2.24, 2.45) is 0 Å². The summed E-state index contributed by atoms with van der Waals surface area (Å²) in [6, 6.07) is 9.39. The van der Waals surface area contributed by atoms with Gasteiger partial charge in [0.25, 0.3) is 0 Å². The van der Waals surface area contributed by atoms with Gasteiger partial charge < -0.3 is 15.5 Å². The third kappa shape index (κ3) is 4.96. The van der Waals surface area contributed by atoms with E-state index in [0.717, 1.165) is 48.2 Å². The molecule has 0 aromatic carbocycles. The number of anilines is 3. The fourth-order valence-electron chi connectivity index (χ4n) is 3.61. The van der Waals surface area contributed by atoms with Crippen molar-refractivity contribution in [3.05, 3.63) is 59.9 Å². The highest BCUT2D eigenvalue weighted by molar-refractivity contribution is 5.65. The molecular weight excluding hydrogens is 421 g/mol. The molecule has 0 aliphatic carbocycles. The summed E-state index contributed by atoms with van der Waals surface area (Å²) in [6.45, 7) is 3.38. The Kier molecular flexibility index (Phi) is 5.93. The van der Waals surface area contributed by atoms with Gasteiger partial charge in [0.15, 0.2) is 0 Å². The van der Waals surface area contributed by atoms with Gasteiger partial charge in [0.05, 0.1) is 11.3 Å². The first-order valence-electron chi connectivity index (χ1n) is 10.0. The minimum absolute atomic E-state index is 0.0601. The first-order chi connectivity index (χ1) is 15.3. The summed E-state index contributed by atoms with van der Waals surface area (Å²) in [5.74, 6) is 1.26. The maximum absolute atomic E-state index is 13.0. The van der Waals surface area contributed by atoms with E-state index >= 15 is 0 Å². The van der Waals surface area contributed by atoms with Crippen molar-refractivity contribution in [2.75, 3.05) is 23.3 Å². The molecule has 1 aliphatic rings. The Bertz CT molecular complexity index is 1100. The molecule has 0 saturated carbocycles. The Balaban J connectivity index is 1.52. The van der Waals surface area contributed by atoms with E-state index < -0.39 is 11.7 Å². The molecule has 7 nitrogen and oxygen atoms in total. The number of hydrogen-bond donors (Lipinski definition) is 2. The predicted molar refractivity (Wildman–Crippen MR) is 115 cm³/mol. The van der Waals surface area contributed by atoms with Crippen molar-refractivity contribution in [2.45, 2.75) is 25.6 Å². The van der Waals surface area contributed by atoms with E-state index in [1.807, 2.05) is 25.1 Å². The van der Waals surface area contributed by atoms with Crippen LogP contribution in [0.2, 0.25) is 0 Å². The van der Waals surface area contributed by atoms with Crippen LogP contribution in [0.1, 0.15) is 17.5 Å². The molecule has 166 valence electrons.